The second-order valence-corrected chi connectivity index (χ2v) is 4.63. The first-order valence-electron chi connectivity index (χ1n) is 5.84. The Morgan fingerprint density at radius 3 is 2.50 bits per heavy atom. The van der Waals surface area contributed by atoms with Gasteiger partial charge in [-0.3, -0.25) is 0 Å². The Morgan fingerprint density at radius 2 is 2.00 bits per heavy atom. The van der Waals surface area contributed by atoms with Crippen molar-refractivity contribution >= 4 is 5.97 Å². The van der Waals surface area contributed by atoms with Gasteiger partial charge in [-0.05, 0) is 17.9 Å². The Morgan fingerprint density at radius 1 is 1.33 bits per heavy atom. The summed E-state index contributed by atoms with van der Waals surface area (Å²) in [5, 5.41) is 8.73. The minimum absolute atomic E-state index is 0.281. The number of nitrogens with zero attached hydrogens (tertiary/aromatic N) is 1. The van der Waals surface area contributed by atoms with Crippen molar-refractivity contribution in [2.24, 2.45) is 5.92 Å². The summed E-state index contributed by atoms with van der Waals surface area (Å²) >= 11 is 0. The molecule has 94 valence electrons. The molecule has 0 aliphatic heterocycles. The van der Waals surface area contributed by atoms with E-state index in [0.29, 0.717) is 11.7 Å². The number of oxazole rings is 1. The highest BCUT2D eigenvalue weighted by Crippen LogP contribution is 2.21. The zero-order valence-corrected chi connectivity index (χ0v) is 10.4. The smallest absolute Gasteiger partial charge is 0.392 e. The monoisotopic (exact) mass is 245 g/mol. The van der Waals surface area contributed by atoms with Gasteiger partial charge in [0.05, 0.1) is 6.20 Å². The number of hydrogen-bond acceptors (Lipinski definition) is 3. The van der Waals surface area contributed by atoms with Crippen LogP contribution in [-0.2, 0) is 6.42 Å². The summed E-state index contributed by atoms with van der Waals surface area (Å²) in [6.45, 7) is 4.34. The fourth-order valence-electron chi connectivity index (χ4n) is 1.78. The van der Waals surface area contributed by atoms with E-state index in [9.17, 15) is 4.79 Å². The van der Waals surface area contributed by atoms with E-state index in [1.54, 1.807) is 0 Å². The molecule has 0 aliphatic rings. The average molecular weight is 245 g/mol. The second-order valence-electron chi connectivity index (χ2n) is 4.63. The van der Waals surface area contributed by atoms with Gasteiger partial charge in [-0.25, -0.2) is 9.78 Å². The molecule has 2 aromatic rings. The van der Waals surface area contributed by atoms with Gasteiger partial charge in [-0.1, -0.05) is 38.1 Å². The number of aromatic carboxylic acids is 1. The summed E-state index contributed by atoms with van der Waals surface area (Å²) in [6, 6.07) is 7.89. The van der Waals surface area contributed by atoms with Crippen molar-refractivity contribution in [1.29, 1.82) is 0 Å². The Bertz CT molecular complexity index is 540. The van der Waals surface area contributed by atoms with E-state index < -0.39 is 5.97 Å². The molecule has 1 N–H and O–H groups in total. The third kappa shape index (κ3) is 2.77. The minimum Gasteiger partial charge on any atom is -0.474 e. The van der Waals surface area contributed by atoms with Gasteiger partial charge >= 0.3 is 11.9 Å². The largest absolute Gasteiger partial charge is 0.474 e. The molecule has 0 aliphatic carbocycles. The number of benzene rings is 1. The van der Waals surface area contributed by atoms with Crippen LogP contribution < -0.4 is 0 Å². The number of carboxylic acids is 1. The molecule has 2 rings (SSSR count). The van der Waals surface area contributed by atoms with E-state index in [1.165, 1.54) is 11.8 Å². The molecule has 1 heterocycles. The van der Waals surface area contributed by atoms with Crippen molar-refractivity contribution in [2.45, 2.75) is 20.3 Å². The minimum atomic E-state index is -1.15. The third-order valence-corrected chi connectivity index (χ3v) is 2.57. The van der Waals surface area contributed by atoms with Gasteiger partial charge in [-0.2, -0.15) is 0 Å². The summed E-state index contributed by atoms with van der Waals surface area (Å²) in [5.41, 5.74) is 2.09. The summed E-state index contributed by atoms with van der Waals surface area (Å²) in [6.07, 6.45) is 2.46. The van der Waals surface area contributed by atoms with Crippen LogP contribution in [0.5, 0.6) is 0 Å². The van der Waals surface area contributed by atoms with Crippen LogP contribution in [0.4, 0.5) is 0 Å². The number of rotatable bonds is 4. The zero-order chi connectivity index (χ0) is 13.1. The first-order chi connectivity index (χ1) is 8.56. The van der Waals surface area contributed by atoms with Crippen LogP contribution in [0, 0.1) is 5.92 Å². The molecule has 0 amide bonds. The summed E-state index contributed by atoms with van der Waals surface area (Å²) in [5.74, 6) is -0.350. The Kier molecular flexibility index (Phi) is 3.46. The molecule has 4 nitrogen and oxygen atoms in total. The highest BCUT2D eigenvalue weighted by molar-refractivity contribution is 5.82. The van der Waals surface area contributed by atoms with Crippen LogP contribution in [0.1, 0.15) is 30.1 Å². The van der Waals surface area contributed by atoms with Gasteiger partial charge in [0, 0.05) is 5.56 Å². The van der Waals surface area contributed by atoms with Crippen molar-refractivity contribution in [3.8, 4) is 11.3 Å². The summed E-state index contributed by atoms with van der Waals surface area (Å²) in [4.78, 5) is 14.4. The molecule has 18 heavy (non-hydrogen) atoms. The molecule has 1 aromatic heterocycles. The zero-order valence-electron chi connectivity index (χ0n) is 10.4. The molecule has 0 radical (unpaired) electrons. The topological polar surface area (TPSA) is 63.3 Å². The molecule has 0 fully saturated rings. The predicted molar refractivity (Wildman–Crippen MR) is 67.4 cm³/mol. The van der Waals surface area contributed by atoms with E-state index in [4.69, 9.17) is 9.52 Å². The summed E-state index contributed by atoms with van der Waals surface area (Å²) in [7, 11) is 0. The molecule has 4 heteroatoms. The van der Waals surface area contributed by atoms with Gasteiger partial charge < -0.3 is 9.52 Å². The molecular weight excluding hydrogens is 230 g/mol. The van der Waals surface area contributed by atoms with E-state index in [1.807, 2.05) is 24.3 Å². The molecule has 0 spiro atoms. The van der Waals surface area contributed by atoms with Crippen molar-refractivity contribution < 1.29 is 14.3 Å². The lowest BCUT2D eigenvalue weighted by Gasteiger charge is -2.05. The normalized spacial score (nSPS) is 10.8. The number of hydrogen-bond donors (Lipinski definition) is 1. The van der Waals surface area contributed by atoms with Crippen molar-refractivity contribution in [1.82, 2.24) is 4.98 Å². The molecule has 1 aromatic carbocycles. The van der Waals surface area contributed by atoms with Crippen molar-refractivity contribution in [3.05, 3.63) is 41.9 Å². The van der Waals surface area contributed by atoms with E-state index >= 15 is 0 Å². The number of carboxylic acid groups (broad SMARTS) is 1. The van der Waals surface area contributed by atoms with Crippen LogP contribution in [0.15, 0.2) is 34.9 Å². The maximum absolute atomic E-state index is 10.7. The van der Waals surface area contributed by atoms with E-state index in [-0.39, 0.29) is 5.89 Å². The number of aromatic nitrogens is 1. The van der Waals surface area contributed by atoms with Gasteiger partial charge in [0.1, 0.15) is 0 Å². The predicted octanol–water partition coefficient (Wildman–Crippen LogP) is 3.24. The molecule has 0 saturated carbocycles. The van der Waals surface area contributed by atoms with Gasteiger partial charge in [0.25, 0.3) is 0 Å². The van der Waals surface area contributed by atoms with Crippen molar-refractivity contribution in [3.63, 3.8) is 0 Å². The molecule has 0 saturated heterocycles. The molecule has 0 bridgehead atoms. The van der Waals surface area contributed by atoms with E-state index in [0.717, 1.165) is 12.0 Å². The maximum atomic E-state index is 10.7. The number of carbonyl (C=O) groups is 1. The van der Waals surface area contributed by atoms with Gasteiger partial charge in [-0.15, -0.1) is 0 Å². The average Bonchev–Trinajstić information content (AvgIpc) is 2.78. The highest BCUT2D eigenvalue weighted by Gasteiger charge is 2.12. The van der Waals surface area contributed by atoms with E-state index in [2.05, 4.69) is 18.8 Å². The SMILES string of the molecule is CC(C)Cc1ccc(-c2cnc(C(=O)O)o2)cc1. The molecular formula is C14H15NO3. The van der Waals surface area contributed by atoms with Crippen molar-refractivity contribution in [2.75, 3.05) is 0 Å². The lowest BCUT2D eigenvalue weighted by atomic mass is 10.0. The second kappa shape index (κ2) is 5.04. The van der Waals surface area contributed by atoms with Gasteiger partial charge in [0.2, 0.25) is 0 Å². The molecule has 0 atom stereocenters. The first-order valence-corrected chi connectivity index (χ1v) is 5.84. The fourth-order valence-corrected chi connectivity index (χ4v) is 1.78. The Hall–Kier alpha value is -2.10. The lowest BCUT2D eigenvalue weighted by molar-refractivity contribution is 0.0654. The van der Waals surface area contributed by atoms with Crippen LogP contribution in [-0.4, -0.2) is 16.1 Å². The first kappa shape index (κ1) is 12.4. The van der Waals surface area contributed by atoms with Crippen LogP contribution in [0.2, 0.25) is 0 Å². The highest BCUT2D eigenvalue weighted by atomic mass is 16.4. The molecule has 0 unspecified atom stereocenters. The van der Waals surface area contributed by atoms with Crippen LogP contribution in [0.25, 0.3) is 11.3 Å². The summed E-state index contributed by atoms with van der Waals surface area (Å²) < 4.78 is 5.14. The van der Waals surface area contributed by atoms with Crippen LogP contribution in [0.3, 0.4) is 0 Å². The Balaban J connectivity index is 2.20. The fraction of sp³-hybridized carbons (Fsp3) is 0.286. The van der Waals surface area contributed by atoms with Crippen LogP contribution >= 0.6 is 0 Å². The quantitative estimate of drug-likeness (QED) is 0.898. The third-order valence-electron chi connectivity index (χ3n) is 2.57. The Labute approximate surface area is 105 Å². The lowest BCUT2D eigenvalue weighted by Crippen LogP contribution is -1.94. The standard InChI is InChI=1S/C14H15NO3/c1-9(2)7-10-3-5-11(6-4-10)12-8-15-13(18-12)14(16)17/h3-6,8-9H,7H2,1-2H3,(H,16,17). The maximum Gasteiger partial charge on any atom is 0.392 e. The van der Waals surface area contributed by atoms with Gasteiger partial charge in [0.15, 0.2) is 5.76 Å².